The van der Waals surface area contributed by atoms with Gasteiger partial charge in [0.1, 0.15) is 0 Å². The second-order valence-electron chi connectivity index (χ2n) is 6.17. The third-order valence-corrected chi connectivity index (χ3v) is 4.28. The van der Waals surface area contributed by atoms with Gasteiger partial charge < -0.3 is 5.11 Å². The van der Waals surface area contributed by atoms with E-state index in [-0.39, 0.29) is 6.61 Å². The first-order valence-corrected chi connectivity index (χ1v) is 8.76. The molecule has 0 fully saturated rings. The molecular weight excluding hydrogens is 282 g/mol. The summed E-state index contributed by atoms with van der Waals surface area (Å²) < 4.78 is 0. The van der Waals surface area contributed by atoms with E-state index < -0.39 is 0 Å². The van der Waals surface area contributed by atoms with Gasteiger partial charge in [0.05, 0.1) is 0 Å². The van der Waals surface area contributed by atoms with Crippen LogP contribution in [0.15, 0.2) is 60.7 Å². The maximum atomic E-state index is 9.26. The Morgan fingerprint density at radius 3 is 2.09 bits per heavy atom. The van der Waals surface area contributed by atoms with E-state index in [0.717, 1.165) is 25.9 Å². The van der Waals surface area contributed by atoms with Crippen molar-refractivity contribution < 1.29 is 5.11 Å². The van der Waals surface area contributed by atoms with Crippen LogP contribution in [0.3, 0.4) is 0 Å². The summed E-state index contributed by atoms with van der Waals surface area (Å²) in [5.41, 5.74) is 2.74. The van der Waals surface area contributed by atoms with E-state index >= 15 is 0 Å². The van der Waals surface area contributed by atoms with Crippen LogP contribution in [-0.4, -0.2) is 29.2 Å². The van der Waals surface area contributed by atoms with Crippen molar-refractivity contribution in [3.8, 4) is 0 Å². The van der Waals surface area contributed by atoms with Crippen molar-refractivity contribution in [3.05, 3.63) is 71.8 Å². The fraction of sp³-hybridized carbons (Fsp3) is 0.429. The maximum Gasteiger partial charge on any atom is 0.0443 e. The highest BCUT2D eigenvalue weighted by Gasteiger charge is 2.18. The summed E-state index contributed by atoms with van der Waals surface area (Å²) in [6.07, 6.45) is 4.28. The monoisotopic (exact) mass is 311 g/mol. The van der Waals surface area contributed by atoms with Crippen molar-refractivity contribution in [1.82, 2.24) is 4.90 Å². The number of hydrogen-bond donors (Lipinski definition) is 1. The molecule has 23 heavy (non-hydrogen) atoms. The van der Waals surface area contributed by atoms with Crippen LogP contribution in [0.2, 0.25) is 0 Å². The number of hydrogen-bond acceptors (Lipinski definition) is 2. The minimum absolute atomic E-state index is 0.259. The second-order valence-corrected chi connectivity index (χ2v) is 6.17. The molecule has 124 valence electrons. The summed E-state index contributed by atoms with van der Waals surface area (Å²) in [4.78, 5) is 2.54. The Bertz CT molecular complexity index is 526. The average molecular weight is 311 g/mol. The molecule has 0 radical (unpaired) electrons. The Hall–Kier alpha value is -1.64. The fourth-order valence-corrected chi connectivity index (χ4v) is 3.12. The van der Waals surface area contributed by atoms with Crippen molar-refractivity contribution in [3.63, 3.8) is 0 Å². The zero-order valence-corrected chi connectivity index (χ0v) is 14.2. The molecule has 0 aliphatic rings. The molecule has 0 saturated heterocycles. The molecular formula is C21H29NO. The molecule has 0 aliphatic heterocycles. The van der Waals surface area contributed by atoms with E-state index in [1.54, 1.807) is 0 Å². The number of benzene rings is 2. The van der Waals surface area contributed by atoms with Gasteiger partial charge in [0.25, 0.3) is 0 Å². The topological polar surface area (TPSA) is 23.5 Å². The van der Waals surface area contributed by atoms with Crippen molar-refractivity contribution in [1.29, 1.82) is 0 Å². The summed E-state index contributed by atoms with van der Waals surface area (Å²) in [6.45, 7) is 4.42. The molecule has 0 aromatic heterocycles. The average Bonchev–Trinajstić information content (AvgIpc) is 2.60. The zero-order chi connectivity index (χ0) is 16.3. The highest BCUT2D eigenvalue weighted by Crippen LogP contribution is 2.17. The predicted molar refractivity (Wildman–Crippen MR) is 97.4 cm³/mol. The van der Waals surface area contributed by atoms with Crippen LogP contribution in [0, 0.1) is 0 Å². The second kappa shape index (κ2) is 10.2. The Balaban J connectivity index is 2.10. The lowest BCUT2D eigenvalue weighted by atomic mass is 9.99. The highest BCUT2D eigenvalue weighted by atomic mass is 16.3. The Kier molecular flexibility index (Phi) is 7.85. The molecule has 1 atom stereocenters. The number of rotatable bonds is 10. The van der Waals surface area contributed by atoms with Gasteiger partial charge in [-0.3, -0.25) is 4.90 Å². The molecule has 0 spiro atoms. The summed E-state index contributed by atoms with van der Waals surface area (Å²) >= 11 is 0. The lowest BCUT2D eigenvalue weighted by molar-refractivity contribution is 0.156. The first-order chi connectivity index (χ1) is 11.3. The standard InChI is InChI=1S/C21H29NO/c1-2-10-21(17-19-11-5-3-6-12-19)22(15-9-16-23)18-20-13-7-4-8-14-20/h3-8,11-14,21,23H,2,9-10,15-18H2,1H3. The third-order valence-electron chi connectivity index (χ3n) is 4.28. The summed E-state index contributed by atoms with van der Waals surface area (Å²) in [5, 5.41) is 9.26. The van der Waals surface area contributed by atoms with Crippen molar-refractivity contribution >= 4 is 0 Å². The number of nitrogens with zero attached hydrogens (tertiary/aromatic N) is 1. The van der Waals surface area contributed by atoms with Crippen LogP contribution in [-0.2, 0) is 13.0 Å². The predicted octanol–water partition coefficient (Wildman–Crippen LogP) is 4.28. The summed E-state index contributed by atoms with van der Waals surface area (Å²) in [6, 6.07) is 21.9. The molecule has 2 nitrogen and oxygen atoms in total. The molecule has 1 N–H and O–H groups in total. The quantitative estimate of drug-likeness (QED) is 0.708. The first-order valence-electron chi connectivity index (χ1n) is 8.76. The molecule has 2 aromatic rings. The molecule has 0 saturated carbocycles. The van der Waals surface area contributed by atoms with Gasteiger partial charge in [0.15, 0.2) is 0 Å². The molecule has 0 aliphatic carbocycles. The van der Waals surface area contributed by atoms with Gasteiger partial charge in [-0.15, -0.1) is 0 Å². The Morgan fingerprint density at radius 1 is 0.913 bits per heavy atom. The van der Waals surface area contributed by atoms with E-state index in [2.05, 4.69) is 72.5 Å². The molecule has 2 rings (SSSR count). The SMILES string of the molecule is CCCC(Cc1ccccc1)N(CCCO)Cc1ccccc1. The van der Waals surface area contributed by atoms with Gasteiger partial charge in [-0.2, -0.15) is 0 Å². The van der Waals surface area contributed by atoms with E-state index in [1.807, 2.05) is 0 Å². The Morgan fingerprint density at radius 2 is 1.52 bits per heavy atom. The van der Waals surface area contributed by atoms with Gasteiger partial charge in [-0.05, 0) is 30.4 Å². The van der Waals surface area contributed by atoms with Gasteiger partial charge in [-0.25, -0.2) is 0 Å². The van der Waals surface area contributed by atoms with Gasteiger partial charge in [0, 0.05) is 25.7 Å². The summed E-state index contributed by atoms with van der Waals surface area (Å²) in [5.74, 6) is 0. The molecule has 0 amide bonds. The Labute approximate surface area is 140 Å². The minimum Gasteiger partial charge on any atom is -0.396 e. The highest BCUT2D eigenvalue weighted by molar-refractivity contribution is 5.17. The lowest BCUT2D eigenvalue weighted by Gasteiger charge is -2.32. The minimum atomic E-state index is 0.259. The van der Waals surface area contributed by atoms with Gasteiger partial charge >= 0.3 is 0 Å². The summed E-state index contributed by atoms with van der Waals surface area (Å²) in [7, 11) is 0. The fourth-order valence-electron chi connectivity index (χ4n) is 3.12. The normalized spacial score (nSPS) is 12.5. The first kappa shape index (κ1) is 17.7. The van der Waals surface area contributed by atoms with Crippen molar-refractivity contribution in [2.45, 2.75) is 45.2 Å². The number of aliphatic hydroxyl groups excluding tert-OH is 1. The maximum absolute atomic E-state index is 9.26. The van der Waals surface area contributed by atoms with E-state index in [1.165, 1.54) is 24.0 Å². The van der Waals surface area contributed by atoms with Crippen molar-refractivity contribution in [2.75, 3.05) is 13.2 Å². The molecule has 2 aromatic carbocycles. The van der Waals surface area contributed by atoms with E-state index in [0.29, 0.717) is 6.04 Å². The largest absolute Gasteiger partial charge is 0.396 e. The van der Waals surface area contributed by atoms with Crippen LogP contribution in [0.1, 0.15) is 37.3 Å². The van der Waals surface area contributed by atoms with Crippen LogP contribution < -0.4 is 0 Å². The van der Waals surface area contributed by atoms with Crippen LogP contribution in [0.4, 0.5) is 0 Å². The molecule has 0 bridgehead atoms. The lowest BCUT2D eigenvalue weighted by Crippen LogP contribution is -2.37. The van der Waals surface area contributed by atoms with Crippen molar-refractivity contribution in [2.24, 2.45) is 0 Å². The van der Waals surface area contributed by atoms with E-state index in [4.69, 9.17) is 0 Å². The van der Waals surface area contributed by atoms with Gasteiger partial charge in [-0.1, -0.05) is 74.0 Å². The van der Waals surface area contributed by atoms with Crippen LogP contribution in [0.5, 0.6) is 0 Å². The number of aliphatic hydroxyl groups is 1. The van der Waals surface area contributed by atoms with E-state index in [9.17, 15) is 5.11 Å². The molecule has 0 heterocycles. The van der Waals surface area contributed by atoms with Gasteiger partial charge in [0.2, 0.25) is 0 Å². The third kappa shape index (κ3) is 6.17. The van der Waals surface area contributed by atoms with Crippen LogP contribution in [0.25, 0.3) is 0 Å². The van der Waals surface area contributed by atoms with Crippen LogP contribution >= 0.6 is 0 Å². The zero-order valence-electron chi connectivity index (χ0n) is 14.2. The smallest absolute Gasteiger partial charge is 0.0443 e. The molecule has 2 heteroatoms. The molecule has 1 unspecified atom stereocenters.